The van der Waals surface area contributed by atoms with Gasteiger partial charge in [0.25, 0.3) is 5.56 Å². The summed E-state index contributed by atoms with van der Waals surface area (Å²) in [6, 6.07) is 0. The Bertz CT molecular complexity index is 452. The Balaban J connectivity index is 0.000000720. The van der Waals surface area contributed by atoms with E-state index in [0.29, 0.717) is 4.96 Å². The minimum atomic E-state index is -0.198. The van der Waals surface area contributed by atoms with Crippen molar-refractivity contribution in [1.82, 2.24) is 9.38 Å². The molecule has 2 aromatic heterocycles. The number of anilines is 1. The van der Waals surface area contributed by atoms with Crippen LogP contribution in [-0.4, -0.2) is 9.38 Å². The van der Waals surface area contributed by atoms with Gasteiger partial charge >= 0.3 is 0 Å². The van der Waals surface area contributed by atoms with Crippen molar-refractivity contribution in [3.63, 3.8) is 0 Å². The van der Waals surface area contributed by atoms with Crippen LogP contribution in [0, 0.1) is 0 Å². The second kappa shape index (κ2) is 4.45. The average molecular weight is 240 g/mol. The molecular formula is C6H7Cl2N3OS. The van der Waals surface area contributed by atoms with Crippen LogP contribution in [0.3, 0.4) is 0 Å². The number of halogens is 2. The molecule has 0 saturated carbocycles. The van der Waals surface area contributed by atoms with Gasteiger partial charge in [-0.3, -0.25) is 9.20 Å². The van der Waals surface area contributed by atoms with Crippen LogP contribution < -0.4 is 11.3 Å². The number of nitrogen functional groups attached to an aromatic ring is 1. The number of thiazole rings is 1. The second-order valence-corrected chi connectivity index (χ2v) is 2.95. The molecule has 0 saturated heterocycles. The van der Waals surface area contributed by atoms with Gasteiger partial charge in [0.05, 0.1) is 6.20 Å². The Kier molecular flexibility index (Phi) is 4.19. The first-order valence-electron chi connectivity index (χ1n) is 2.99. The number of aromatic nitrogens is 2. The second-order valence-electron chi connectivity index (χ2n) is 2.07. The Labute approximate surface area is 90.2 Å². The highest BCUT2D eigenvalue weighted by Gasteiger charge is 1.99. The molecule has 2 aromatic rings. The molecule has 13 heavy (non-hydrogen) atoms. The Morgan fingerprint density at radius 3 is 2.85 bits per heavy atom. The van der Waals surface area contributed by atoms with Crippen LogP contribution in [0.15, 0.2) is 22.6 Å². The van der Waals surface area contributed by atoms with Crippen LogP contribution >= 0.6 is 36.2 Å². The van der Waals surface area contributed by atoms with Crippen molar-refractivity contribution in [2.45, 2.75) is 0 Å². The molecule has 0 atom stereocenters. The van der Waals surface area contributed by atoms with Gasteiger partial charge < -0.3 is 5.73 Å². The van der Waals surface area contributed by atoms with E-state index >= 15 is 0 Å². The van der Waals surface area contributed by atoms with Crippen LogP contribution in [0.4, 0.5) is 5.69 Å². The zero-order valence-corrected chi connectivity index (χ0v) is 8.79. The van der Waals surface area contributed by atoms with Crippen LogP contribution in [0.1, 0.15) is 0 Å². The molecule has 0 fully saturated rings. The van der Waals surface area contributed by atoms with Gasteiger partial charge in [0.15, 0.2) is 4.96 Å². The van der Waals surface area contributed by atoms with Gasteiger partial charge in [-0.2, -0.15) is 0 Å². The Morgan fingerprint density at radius 1 is 1.46 bits per heavy atom. The molecule has 0 amide bonds. The van der Waals surface area contributed by atoms with Crippen molar-refractivity contribution in [3.8, 4) is 0 Å². The minimum Gasteiger partial charge on any atom is -0.393 e. The molecule has 0 aromatic carbocycles. The van der Waals surface area contributed by atoms with Crippen LogP contribution in [0.25, 0.3) is 4.96 Å². The normalized spacial score (nSPS) is 8.92. The van der Waals surface area contributed by atoms with E-state index in [1.54, 1.807) is 11.6 Å². The third-order valence-electron chi connectivity index (χ3n) is 1.37. The average Bonchev–Trinajstić information content (AvgIpc) is 2.45. The summed E-state index contributed by atoms with van der Waals surface area (Å²) in [5.41, 5.74) is 5.34. The summed E-state index contributed by atoms with van der Waals surface area (Å²) in [6.45, 7) is 0. The molecule has 72 valence electrons. The maximum atomic E-state index is 11.2. The van der Waals surface area contributed by atoms with Crippen molar-refractivity contribution >= 4 is 46.8 Å². The zero-order valence-electron chi connectivity index (χ0n) is 6.34. The molecule has 0 bridgehead atoms. The first-order valence-corrected chi connectivity index (χ1v) is 3.87. The van der Waals surface area contributed by atoms with E-state index < -0.39 is 0 Å². The molecule has 0 unspecified atom stereocenters. The number of fused-ring (bicyclic) bond motifs is 1. The topological polar surface area (TPSA) is 60.4 Å². The van der Waals surface area contributed by atoms with E-state index in [4.69, 9.17) is 5.73 Å². The third-order valence-corrected chi connectivity index (χ3v) is 2.14. The lowest BCUT2D eigenvalue weighted by Crippen LogP contribution is -2.15. The monoisotopic (exact) mass is 239 g/mol. The van der Waals surface area contributed by atoms with Crippen molar-refractivity contribution in [1.29, 1.82) is 0 Å². The summed E-state index contributed by atoms with van der Waals surface area (Å²) in [5.74, 6) is 0. The molecule has 0 spiro atoms. The molecule has 4 nitrogen and oxygen atoms in total. The predicted molar refractivity (Wildman–Crippen MR) is 58.2 cm³/mol. The zero-order chi connectivity index (χ0) is 7.84. The molecule has 0 aliphatic rings. The predicted octanol–water partition coefficient (Wildman–Crippen LogP) is 1.18. The fourth-order valence-electron chi connectivity index (χ4n) is 0.839. The highest BCUT2D eigenvalue weighted by molar-refractivity contribution is 7.15. The molecule has 7 heteroatoms. The van der Waals surface area contributed by atoms with Crippen molar-refractivity contribution in [2.75, 3.05) is 5.73 Å². The minimum absolute atomic E-state index is 0. The lowest BCUT2D eigenvalue weighted by atomic mass is 10.5. The van der Waals surface area contributed by atoms with Crippen LogP contribution in [0.5, 0.6) is 0 Å². The van der Waals surface area contributed by atoms with Gasteiger partial charge in [-0.1, -0.05) is 0 Å². The van der Waals surface area contributed by atoms with E-state index in [-0.39, 0.29) is 36.1 Å². The highest BCUT2D eigenvalue weighted by Crippen LogP contribution is 2.05. The molecule has 2 N–H and O–H groups in total. The molecular weight excluding hydrogens is 233 g/mol. The molecule has 0 aliphatic carbocycles. The third kappa shape index (κ3) is 1.93. The maximum absolute atomic E-state index is 11.2. The lowest BCUT2D eigenvalue weighted by molar-refractivity contribution is 1.08. The van der Waals surface area contributed by atoms with Crippen molar-refractivity contribution < 1.29 is 0 Å². The Hall–Kier alpha value is -0.780. The van der Waals surface area contributed by atoms with Crippen LogP contribution in [-0.2, 0) is 0 Å². The molecule has 2 rings (SSSR count). The first-order chi connectivity index (χ1) is 5.29. The molecule has 0 radical (unpaired) electrons. The summed E-state index contributed by atoms with van der Waals surface area (Å²) in [7, 11) is 0. The maximum Gasteiger partial charge on any atom is 0.281 e. The molecule has 2 heterocycles. The van der Waals surface area contributed by atoms with Gasteiger partial charge in [-0.15, -0.1) is 36.2 Å². The van der Waals surface area contributed by atoms with Crippen molar-refractivity contribution in [2.24, 2.45) is 0 Å². The Morgan fingerprint density at radius 2 is 2.15 bits per heavy atom. The number of hydrogen-bond acceptors (Lipinski definition) is 4. The van der Waals surface area contributed by atoms with E-state index in [0.717, 1.165) is 0 Å². The van der Waals surface area contributed by atoms with Gasteiger partial charge in [-0.05, 0) is 0 Å². The number of nitrogens with two attached hydrogens (primary N) is 1. The standard InChI is InChI=1S/C6H5N3OS.2ClH/c7-4-3-8-6-9(5(4)10)1-2-11-6;;/h1-3H,7H2;2*1H. The fourth-order valence-corrected chi connectivity index (χ4v) is 1.51. The van der Waals surface area contributed by atoms with E-state index in [9.17, 15) is 4.79 Å². The van der Waals surface area contributed by atoms with Crippen molar-refractivity contribution in [3.05, 3.63) is 28.1 Å². The quantitative estimate of drug-likeness (QED) is 0.752. The fraction of sp³-hybridized carbons (Fsp3) is 0. The summed E-state index contributed by atoms with van der Waals surface area (Å²) in [4.78, 5) is 15.8. The first kappa shape index (κ1) is 12.2. The lowest BCUT2D eigenvalue weighted by Gasteiger charge is -1.91. The SMILES string of the molecule is Cl.Cl.Nc1cnc2sccn2c1=O. The number of rotatable bonds is 0. The summed E-state index contributed by atoms with van der Waals surface area (Å²) in [6.07, 6.45) is 3.04. The highest BCUT2D eigenvalue weighted by atomic mass is 35.5. The van der Waals surface area contributed by atoms with Crippen LogP contribution in [0.2, 0.25) is 0 Å². The van der Waals surface area contributed by atoms with Gasteiger partial charge in [-0.25, -0.2) is 4.98 Å². The smallest absolute Gasteiger partial charge is 0.281 e. The number of hydrogen-bond donors (Lipinski definition) is 1. The van der Waals surface area contributed by atoms with E-state index in [1.807, 2.05) is 0 Å². The largest absolute Gasteiger partial charge is 0.393 e. The van der Waals surface area contributed by atoms with Gasteiger partial charge in [0.1, 0.15) is 5.69 Å². The number of nitrogens with zero attached hydrogens (tertiary/aromatic N) is 2. The molecule has 0 aliphatic heterocycles. The van der Waals surface area contributed by atoms with Gasteiger partial charge in [0.2, 0.25) is 0 Å². The van der Waals surface area contributed by atoms with E-state index in [1.165, 1.54) is 21.9 Å². The van der Waals surface area contributed by atoms with E-state index in [2.05, 4.69) is 4.98 Å². The van der Waals surface area contributed by atoms with Gasteiger partial charge in [0, 0.05) is 11.6 Å². The summed E-state index contributed by atoms with van der Waals surface area (Å²) < 4.78 is 1.43. The summed E-state index contributed by atoms with van der Waals surface area (Å²) >= 11 is 1.41. The summed E-state index contributed by atoms with van der Waals surface area (Å²) in [5, 5.41) is 1.79.